The lowest BCUT2D eigenvalue weighted by Gasteiger charge is -2.27. The molecule has 2 N–H and O–H groups in total. The Morgan fingerprint density at radius 2 is 2.00 bits per heavy atom. The van der Waals surface area contributed by atoms with Crippen molar-refractivity contribution in [1.29, 1.82) is 0 Å². The third kappa shape index (κ3) is 3.93. The Bertz CT molecular complexity index is 1410. The van der Waals surface area contributed by atoms with Crippen LogP contribution in [0.1, 0.15) is 26.8 Å². The number of aromatic amines is 1. The predicted octanol–water partition coefficient (Wildman–Crippen LogP) is 5.82. The maximum absolute atomic E-state index is 13.3. The van der Waals surface area contributed by atoms with E-state index in [1.54, 1.807) is 29.5 Å². The number of methoxy groups -OCH3 is 1. The number of nitrogens with zero attached hydrogens (tertiary/aromatic N) is 1. The summed E-state index contributed by atoms with van der Waals surface area (Å²) in [4.78, 5) is 31.8. The van der Waals surface area contributed by atoms with Crippen molar-refractivity contribution >= 4 is 49.9 Å². The number of aromatic nitrogens is 1. The number of rotatable bonds is 7. The standard InChI is InChI=1S/C26H21BrN2O4S/c1-33-18-8-9-20-19(13-18)16(14-28-20)10-11-29-23(15-4-6-17(27)7-5-15)22(25(31)26(29)32)24(30)21-3-2-12-34-21/h2-9,12-14,23,28,31H,10-11H2,1H3. The lowest BCUT2D eigenvalue weighted by Crippen LogP contribution is -2.33. The number of Topliss-reactive ketones (excluding diaryl/α,β-unsaturated/α-hetero) is 1. The summed E-state index contributed by atoms with van der Waals surface area (Å²) in [6.45, 7) is 0.328. The van der Waals surface area contributed by atoms with E-state index in [2.05, 4.69) is 20.9 Å². The van der Waals surface area contributed by atoms with Crippen LogP contribution in [0.25, 0.3) is 10.9 Å². The molecule has 0 saturated carbocycles. The number of aliphatic hydroxyl groups excluding tert-OH is 1. The number of nitrogens with one attached hydrogen (secondary N) is 1. The average Bonchev–Trinajstić information content (AvgIpc) is 3.58. The first kappa shape index (κ1) is 22.4. The molecular weight excluding hydrogens is 516 g/mol. The maximum atomic E-state index is 13.3. The summed E-state index contributed by atoms with van der Waals surface area (Å²) < 4.78 is 6.25. The molecule has 0 aliphatic carbocycles. The Kier molecular flexibility index (Phi) is 6.02. The molecule has 1 amide bonds. The molecule has 4 aromatic rings. The van der Waals surface area contributed by atoms with E-state index in [0.717, 1.165) is 32.3 Å². The summed E-state index contributed by atoms with van der Waals surface area (Å²) in [5, 5.41) is 13.6. The lowest BCUT2D eigenvalue weighted by atomic mass is 9.95. The molecule has 2 aromatic carbocycles. The highest BCUT2D eigenvalue weighted by Gasteiger charge is 2.43. The summed E-state index contributed by atoms with van der Waals surface area (Å²) in [6, 6.07) is 16.1. The van der Waals surface area contributed by atoms with Crippen molar-refractivity contribution < 1.29 is 19.4 Å². The summed E-state index contributed by atoms with van der Waals surface area (Å²) in [5.74, 6) is -0.591. The van der Waals surface area contributed by atoms with E-state index in [1.165, 1.54) is 11.3 Å². The van der Waals surface area contributed by atoms with Gasteiger partial charge in [0.1, 0.15) is 5.75 Å². The fraction of sp³-hybridized carbons (Fsp3) is 0.154. The second-order valence-electron chi connectivity index (χ2n) is 8.00. The molecule has 1 aliphatic rings. The zero-order valence-electron chi connectivity index (χ0n) is 18.2. The molecule has 1 unspecified atom stereocenters. The van der Waals surface area contributed by atoms with Crippen molar-refractivity contribution in [1.82, 2.24) is 9.88 Å². The van der Waals surface area contributed by atoms with Crippen molar-refractivity contribution in [3.63, 3.8) is 0 Å². The first-order valence-corrected chi connectivity index (χ1v) is 12.4. The van der Waals surface area contributed by atoms with Gasteiger partial charge in [0.05, 0.1) is 23.6 Å². The maximum Gasteiger partial charge on any atom is 0.290 e. The number of H-pyrrole nitrogens is 1. The normalized spacial score (nSPS) is 16.0. The number of carbonyl (C=O) groups is 2. The van der Waals surface area contributed by atoms with Crippen LogP contribution in [0.15, 0.2) is 82.0 Å². The molecule has 8 heteroatoms. The summed E-state index contributed by atoms with van der Waals surface area (Å²) >= 11 is 4.73. The van der Waals surface area contributed by atoms with Crippen molar-refractivity contribution in [3.8, 4) is 5.75 Å². The lowest BCUT2D eigenvalue weighted by molar-refractivity contribution is -0.129. The van der Waals surface area contributed by atoms with Gasteiger partial charge in [-0.15, -0.1) is 11.3 Å². The first-order valence-electron chi connectivity index (χ1n) is 10.7. The highest BCUT2D eigenvalue weighted by atomic mass is 79.9. The van der Waals surface area contributed by atoms with Gasteiger partial charge >= 0.3 is 0 Å². The van der Waals surface area contributed by atoms with Crippen LogP contribution in [0.4, 0.5) is 0 Å². The van der Waals surface area contributed by atoms with Crippen LogP contribution in [0.3, 0.4) is 0 Å². The molecular formula is C26H21BrN2O4S. The molecule has 1 aliphatic heterocycles. The molecule has 0 fully saturated rings. The van der Waals surface area contributed by atoms with E-state index in [1.807, 2.05) is 48.7 Å². The van der Waals surface area contributed by atoms with E-state index < -0.39 is 17.7 Å². The summed E-state index contributed by atoms with van der Waals surface area (Å²) in [5.41, 5.74) is 2.88. The minimum Gasteiger partial charge on any atom is -0.503 e. The summed E-state index contributed by atoms with van der Waals surface area (Å²) in [7, 11) is 1.62. The van der Waals surface area contributed by atoms with Crippen LogP contribution in [-0.2, 0) is 11.2 Å². The van der Waals surface area contributed by atoms with Gasteiger partial charge in [-0.25, -0.2) is 0 Å². The summed E-state index contributed by atoms with van der Waals surface area (Å²) in [6.07, 6.45) is 2.46. The number of carbonyl (C=O) groups excluding carboxylic acids is 2. The van der Waals surface area contributed by atoms with Gasteiger partial charge in [0.15, 0.2) is 5.76 Å². The molecule has 2 aromatic heterocycles. The molecule has 0 spiro atoms. The number of halogens is 1. The number of hydrogen-bond acceptors (Lipinski definition) is 5. The number of aliphatic hydroxyl groups is 1. The van der Waals surface area contributed by atoms with Gasteiger partial charge < -0.3 is 19.7 Å². The molecule has 6 nitrogen and oxygen atoms in total. The fourth-order valence-corrected chi connectivity index (χ4v) is 5.32. The van der Waals surface area contributed by atoms with Crippen molar-refractivity contribution in [2.75, 3.05) is 13.7 Å². The van der Waals surface area contributed by atoms with E-state index in [9.17, 15) is 14.7 Å². The zero-order valence-corrected chi connectivity index (χ0v) is 20.7. The topological polar surface area (TPSA) is 82.6 Å². The van der Waals surface area contributed by atoms with Crippen molar-refractivity contribution in [3.05, 3.63) is 98.0 Å². The molecule has 0 saturated heterocycles. The highest BCUT2D eigenvalue weighted by Crippen LogP contribution is 2.40. The molecule has 0 bridgehead atoms. The van der Waals surface area contributed by atoms with Crippen LogP contribution >= 0.6 is 27.3 Å². The number of hydrogen-bond donors (Lipinski definition) is 2. The van der Waals surface area contributed by atoms with Crippen LogP contribution < -0.4 is 4.74 Å². The molecule has 1 atom stereocenters. The Hall–Kier alpha value is -3.36. The van der Waals surface area contributed by atoms with Crippen molar-refractivity contribution in [2.24, 2.45) is 0 Å². The second kappa shape index (κ2) is 9.12. The number of thiophene rings is 1. The smallest absolute Gasteiger partial charge is 0.290 e. The quantitative estimate of drug-likeness (QED) is 0.291. The van der Waals surface area contributed by atoms with Gasteiger partial charge in [0.25, 0.3) is 5.91 Å². The second-order valence-corrected chi connectivity index (χ2v) is 9.86. The molecule has 0 radical (unpaired) electrons. The monoisotopic (exact) mass is 536 g/mol. The van der Waals surface area contributed by atoms with E-state index >= 15 is 0 Å². The van der Waals surface area contributed by atoms with Gasteiger partial charge in [0.2, 0.25) is 5.78 Å². The van der Waals surface area contributed by atoms with E-state index in [-0.39, 0.29) is 11.4 Å². The molecule has 34 heavy (non-hydrogen) atoms. The highest BCUT2D eigenvalue weighted by molar-refractivity contribution is 9.10. The Morgan fingerprint density at radius 3 is 2.71 bits per heavy atom. The number of benzene rings is 2. The number of fused-ring (bicyclic) bond motifs is 1. The Balaban J connectivity index is 1.50. The molecule has 172 valence electrons. The third-order valence-electron chi connectivity index (χ3n) is 6.08. The number of amides is 1. The fourth-order valence-electron chi connectivity index (χ4n) is 4.38. The van der Waals surface area contributed by atoms with Gasteiger partial charge in [-0.3, -0.25) is 9.59 Å². The minimum atomic E-state index is -0.671. The third-order valence-corrected chi connectivity index (χ3v) is 7.47. The minimum absolute atomic E-state index is 0.121. The largest absolute Gasteiger partial charge is 0.503 e. The van der Waals surface area contributed by atoms with E-state index in [0.29, 0.717) is 17.8 Å². The van der Waals surface area contributed by atoms with Gasteiger partial charge in [0, 0.05) is 28.1 Å². The molecule has 3 heterocycles. The van der Waals surface area contributed by atoms with Gasteiger partial charge in [-0.2, -0.15) is 0 Å². The number of ketones is 1. The first-order chi connectivity index (χ1) is 16.5. The average molecular weight is 537 g/mol. The Labute approximate surface area is 208 Å². The van der Waals surface area contributed by atoms with Crippen LogP contribution in [0.2, 0.25) is 0 Å². The zero-order chi connectivity index (χ0) is 23.8. The van der Waals surface area contributed by atoms with Gasteiger partial charge in [-0.1, -0.05) is 34.1 Å². The van der Waals surface area contributed by atoms with Gasteiger partial charge in [-0.05, 0) is 59.3 Å². The van der Waals surface area contributed by atoms with Crippen LogP contribution in [-0.4, -0.2) is 40.3 Å². The predicted molar refractivity (Wildman–Crippen MR) is 135 cm³/mol. The van der Waals surface area contributed by atoms with E-state index in [4.69, 9.17) is 4.74 Å². The van der Waals surface area contributed by atoms with Crippen LogP contribution in [0.5, 0.6) is 5.75 Å². The Morgan fingerprint density at radius 1 is 1.21 bits per heavy atom. The molecule has 5 rings (SSSR count). The SMILES string of the molecule is COc1ccc2[nH]cc(CCN3C(=O)C(O)=C(C(=O)c4cccs4)C3c3ccc(Br)cc3)c2c1. The van der Waals surface area contributed by atoms with Crippen LogP contribution in [0, 0.1) is 0 Å². The number of ether oxygens (including phenoxy) is 1. The van der Waals surface area contributed by atoms with Crippen molar-refractivity contribution in [2.45, 2.75) is 12.5 Å².